The Morgan fingerprint density at radius 2 is 0.702 bits per heavy atom. The first-order valence-electron chi connectivity index (χ1n) is 19.6. The number of aromatic nitrogens is 3. The Labute approximate surface area is 329 Å². The van der Waals surface area contributed by atoms with Gasteiger partial charge < -0.3 is 13.7 Å². The fraction of sp³-hybridized carbons (Fsp3) is 0. The van der Waals surface area contributed by atoms with Gasteiger partial charge in [-0.2, -0.15) is 0 Å². The van der Waals surface area contributed by atoms with Gasteiger partial charge in [0, 0.05) is 49.4 Å². The molecule has 0 aliphatic rings. The number of para-hydroxylation sites is 3. The van der Waals surface area contributed by atoms with Gasteiger partial charge in [0.1, 0.15) is 0 Å². The van der Waals surface area contributed by atoms with Crippen molar-refractivity contribution in [3.63, 3.8) is 0 Å². The average Bonchev–Trinajstić information content (AvgIpc) is 3.92. The van der Waals surface area contributed by atoms with E-state index in [-0.39, 0.29) is 0 Å². The van der Waals surface area contributed by atoms with Gasteiger partial charge in [-0.05, 0) is 82.9 Å². The molecule has 0 bridgehead atoms. The first-order valence-corrected chi connectivity index (χ1v) is 19.6. The van der Waals surface area contributed by atoms with Crippen molar-refractivity contribution in [3.8, 4) is 39.3 Å². The van der Waals surface area contributed by atoms with E-state index in [2.05, 4.69) is 226 Å². The van der Waals surface area contributed by atoms with Crippen LogP contribution in [0.25, 0.3) is 105 Å². The highest BCUT2D eigenvalue weighted by molar-refractivity contribution is 6.26. The van der Waals surface area contributed by atoms with Gasteiger partial charge in [-0.3, -0.25) is 0 Å². The second kappa shape index (κ2) is 12.5. The molecule has 266 valence electrons. The van der Waals surface area contributed by atoms with Gasteiger partial charge in [-0.15, -0.1) is 0 Å². The first-order chi connectivity index (χ1) is 28.3. The van der Waals surface area contributed by atoms with Crippen molar-refractivity contribution in [1.29, 1.82) is 0 Å². The third-order valence-electron chi connectivity index (χ3n) is 11.8. The molecular formula is C54H35N3. The standard InChI is InChI=1S/C54H35N3/c1-3-14-36(15-4-1)38-26-28-40(29-27-38)55-48-23-10-7-20-43(48)45-31-30-42(35-52(45)55)56-50-25-12-9-22-47(50)53-51(56)33-32-46-44-21-8-11-24-49(44)57(54(46)53)41-19-13-18-39(34-41)37-16-5-2-6-17-37/h1-35H. The zero-order valence-corrected chi connectivity index (χ0v) is 31.0. The molecule has 3 heteroatoms. The molecule has 0 saturated carbocycles. The summed E-state index contributed by atoms with van der Waals surface area (Å²) in [5.74, 6) is 0. The molecule has 57 heavy (non-hydrogen) atoms. The maximum Gasteiger partial charge on any atom is 0.0641 e. The molecule has 3 aromatic heterocycles. The van der Waals surface area contributed by atoms with Gasteiger partial charge in [-0.1, -0.05) is 152 Å². The number of benzene rings is 9. The molecule has 12 aromatic rings. The zero-order valence-electron chi connectivity index (χ0n) is 31.0. The highest BCUT2D eigenvalue weighted by Gasteiger charge is 2.22. The lowest BCUT2D eigenvalue weighted by Gasteiger charge is -2.13. The highest BCUT2D eigenvalue weighted by Crippen LogP contribution is 2.43. The third kappa shape index (κ3) is 4.79. The van der Waals surface area contributed by atoms with Crippen LogP contribution in [0.1, 0.15) is 0 Å². The fourth-order valence-electron chi connectivity index (χ4n) is 9.32. The number of rotatable bonds is 5. The minimum absolute atomic E-state index is 1.13. The van der Waals surface area contributed by atoms with E-state index >= 15 is 0 Å². The van der Waals surface area contributed by atoms with Crippen LogP contribution in [0.15, 0.2) is 212 Å². The predicted octanol–water partition coefficient (Wildman–Crippen LogP) is 14.3. The van der Waals surface area contributed by atoms with Crippen molar-refractivity contribution in [2.45, 2.75) is 0 Å². The molecule has 3 nitrogen and oxygen atoms in total. The summed E-state index contributed by atoms with van der Waals surface area (Å²) in [7, 11) is 0. The molecule has 12 rings (SSSR count). The van der Waals surface area contributed by atoms with E-state index in [4.69, 9.17) is 0 Å². The van der Waals surface area contributed by atoms with Gasteiger partial charge in [0.05, 0.1) is 33.1 Å². The second-order valence-electron chi connectivity index (χ2n) is 14.9. The Morgan fingerprint density at radius 1 is 0.228 bits per heavy atom. The van der Waals surface area contributed by atoms with E-state index in [1.54, 1.807) is 0 Å². The molecule has 0 radical (unpaired) electrons. The van der Waals surface area contributed by atoms with E-state index in [1.165, 1.54) is 87.7 Å². The summed E-state index contributed by atoms with van der Waals surface area (Å²) >= 11 is 0. The lowest BCUT2D eigenvalue weighted by atomic mass is 10.0. The van der Waals surface area contributed by atoms with E-state index in [0.717, 1.165) is 17.1 Å². The smallest absolute Gasteiger partial charge is 0.0641 e. The van der Waals surface area contributed by atoms with Crippen molar-refractivity contribution in [2.75, 3.05) is 0 Å². The first kappa shape index (κ1) is 31.7. The van der Waals surface area contributed by atoms with E-state index in [9.17, 15) is 0 Å². The van der Waals surface area contributed by atoms with Crippen LogP contribution in [-0.4, -0.2) is 13.7 Å². The highest BCUT2D eigenvalue weighted by atomic mass is 15.0. The average molecular weight is 726 g/mol. The van der Waals surface area contributed by atoms with Gasteiger partial charge >= 0.3 is 0 Å². The van der Waals surface area contributed by atoms with Crippen LogP contribution in [0.3, 0.4) is 0 Å². The second-order valence-corrected chi connectivity index (χ2v) is 14.9. The van der Waals surface area contributed by atoms with Crippen LogP contribution < -0.4 is 0 Å². The maximum absolute atomic E-state index is 2.48. The quantitative estimate of drug-likeness (QED) is 0.168. The lowest BCUT2D eigenvalue weighted by molar-refractivity contribution is 1.15. The van der Waals surface area contributed by atoms with E-state index < -0.39 is 0 Å². The van der Waals surface area contributed by atoms with Crippen LogP contribution in [0.2, 0.25) is 0 Å². The van der Waals surface area contributed by atoms with Crippen molar-refractivity contribution in [3.05, 3.63) is 212 Å². The molecule has 9 aromatic carbocycles. The van der Waals surface area contributed by atoms with E-state index in [0.29, 0.717) is 0 Å². The summed E-state index contributed by atoms with van der Waals surface area (Å²) in [6, 6.07) is 77.4. The SMILES string of the molecule is c1ccc(-c2ccc(-n3c4ccccc4c4ccc(-n5c6ccccc6c6c5ccc5c7ccccc7n(-c7cccc(-c8ccccc8)c7)c56)cc43)cc2)cc1. The Morgan fingerprint density at radius 3 is 1.42 bits per heavy atom. The number of hydrogen-bond donors (Lipinski definition) is 0. The Hall–Kier alpha value is -7.62. The van der Waals surface area contributed by atoms with Crippen LogP contribution in [0.5, 0.6) is 0 Å². The molecule has 0 N–H and O–H groups in total. The van der Waals surface area contributed by atoms with Gasteiger partial charge in [0.25, 0.3) is 0 Å². The van der Waals surface area contributed by atoms with E-state index in [1.807, 2.05) is 0 Å². The molecule has 0 fully saturated rings. The minimum Gasteiger partial charge on any atom is -0.309 e. The minimum atomic E-state index is 1.13. The molecule has 0 unspecified atom stereocenters. The summed E-state index contributed by atoms with van der Waals surface area (Å²) in [5.41, 5.74) is 15.4. The van der Waals surface area contributed by atoms with Gasteiger partial charge in [0.15, 0.2) is 0 Å². The van der Waals surface area contributed by atoms with Crippen LogP contribution in [0.4, 0.5) is 0 Å². The van der Waals surface area contributed by atoms with Crippen LogP contribution in [0, 0.1) is 0 Å². The van der Waals surface area contributed by atoms with Crippen molar-refractivity contribution >= 4 is 65.4 Å². The molecule has 0 amide bonds. The maximum atomic E-state index is 2.48. The molecule has 0 aliphatic heterocycles. The largest absolute Gasteiger partial charge is 0.309 e. The Bertz CT molecular complexity index is 3490. The summed E-state index contributed by atoms with van der Waals surface area (Å²) in [6.45, 7) is 0. The molecule has 0 saturated heterocycles. The summed E-state index contributed by atoms with van der Waals surface area (Å²) in [4.78, 5) is 0. The van der Waals surface area contributed by atoms with Crippen LogP contribution in [-0.2, 0) is 0 Å². The number of nitrogens with zero attached hydrogens (tertiary/aromatic N) is 3. The summed E-state index contributed by atoms with van der Waals surface area (Å²) < 4.78 is 7.37. The summed E-state index contributed by atoms with van der Waals surface area (Å²) in [6.07, 6.45) is 0. The predicted molar refractivity (Wildman–Crippen MR) is 240 cm³/mol. The topological polar surface area (TPSA) is 14.8 Å². The molecule has 0 spiro atoms. The Kier molecular flexibility index (Phi) is 6.93. The van der Waals surface area contributed by atoms with Crippen molar-refractivity contribution < 1.29 is 0 Å². The molecule has 0 atom stereocenters. The zero-order chi connectivity index (χ0) is 37.5. The fourth-order valence-corrected chi connectivity index (χ4v) is 9.32. The number of fused-ring (bicyclic) bond motifs is 10. The van der Waals surface area contributed by atoms with Crippen molar-refractivity contribution in [2.24, 2.45) is 0 Å². The molecule has 0 aliphatic carbocycles. The van der Waals surface area contributed by atoms with Gasteiger partial charge in [0.2, 0.25) is 0 Å². The van der Waals surface area contributed by atoms with Gasteiger partial charge in [-0.25, -0.2) is 0 Å². The lowest BCUT2D eigenvalue weighted by Crippen LogP contribution is -1.97. The molecule has 3 heterocycles. The monoisotopic (exact) mass is 725 g/mol. The molecular weight excluding hydrogens is 691 g/mol. The third-order valence-corrected chi connectivity index (χ3v) is 11.8. The van der Waals surface area contributed by atoms with Crippen molar-refractivity contribution in [1.82, 2.24) is 13.7 Å². The summed E-state index contributed by atoms with van der Waals surface area (Å²) in [5, 5.41) is 7.47. The number of hydrogen-bond acceptors (Lipinski definition) is 0. The van der Waals surface area contributed by atoms with Crippen LogP contribution >= 0.6 is 0 Å². The Balaban J connectivity index is 1.12. The normalized spacial score (nSPS) is 11.9.